The van der Waals surface area contributed by atoms with E-state index in [9.17, 15) is 17.6 Å². The number of halogens is 2. The molecule has 1 heterocycles. The van der Waals surface area contributed by atoms with Crippen molar-refractivity contribution >= 4 is 33.4 Å². The van der Waals surface area contributed by atoms with E-state index in [2.05, 4.69) is 9.82 Å². The fourth-order valence-corrected chi connectivity index (χ4v) is 3.23. The van der Waals surface area contributed by atoms with Gasteiger partial charge in [-0.1, -0.05) is 11.6 Å². The van der Waals surface area contributed by atoms with Crippen molar-refractivity contribution in [3.63, 3.8) is 0 Å². The molecule has 2 rings (SSSR count). The first kappa shape index (κ1) is 15.3. The van der Waals surface area contributed by atoms with Gasteiger partial charge in [-0.3, -0.25) is 9.40 Å². The predicted octanol–water partition coefficient (Wildman–Crippen LogP) is 1.71. The van der Waals surface area contributed by atoms with Crippen molar-refractivity contribution in [1.82, 2.24) is 9.78 Å². The molecule has 10 heteroatoms. The van der Waals surface area contributed by atoms with E-state index in [1.54, 1.807) is 0 Å². The van der Waals surface area contributed by atoms with E-state index in [0.29, 0.717) is 0 Å². The summed E-state index contributed by atoms with van der Waals surface area (Å²) in [6.45, 7) is 0. The quantitative estimate of drug-likeness (QED) is 0.887. The van der Waals surface area contributed by atoms with Crippen molar-refractivity contribution in [2.75, 3.05) is 4.72 Å². The summed E-state index contributed by atoms with van der Waals surface area (Å²) in [6.07, 6.45) is 1.01. The molecular formula is C11H9ClFN3O4S. The van der Waals surface area contributed by atoms with Crippen LogP contribution < -0.4 is 4.72 Å². The summed E-state index contributed by atoms with van der Waals surface area (Å²) >= 11 is 5.70. The Balaban J connectivity index is 2.47. The van der Waals surface area contributed by atoms with E-state index in [1.807, 2.05) is 0 Å². The number of carboxylic acids is 1. The highest BCUT2D eigenvalue weighted by Crippen LogP contribution is 2.25. The second-order valence-electron chi connectivity index (χ2n) is 4.02. The summed E-state index contributed by atoms with van der Waals surface area (Å²) in [5.74, 6) is -2.26. The van der Waals surface area contributed by atoms with Gasteiger partial charge < -0.3 is 5.11 Å². The van der Waals surface area contributed by atoms with Gasteiger partial charge in [-0.25, -0.2) is 17.6 Å². The molecular weight excluding hydrogens is 325 g/mol. The van der Waals surface area contributed by atoms with Crippen molar-refractivity contribution in [2.45, 2.75) is 4.90 Å². The number of hydrogen-bond acceptors (Lipinski definition) is 4. The lowest BCUT2D eigenvalue weighted by molar-refractivity contribution is 0.0698. The molecule has 0 radical (unpaired) electrons. The van der Waals surface area contributed by atoms with Gasteiger partial charge in [0, 0.05) is 7.05 Å². The molecule has 7 nitrogen and oxygen atoms in total. The zero-order valence-electron chi connectivity index (χ0n) is 10.5. The van der Waals surface area contributed by atoms with Gasteiger partial charge in [0.1, 0.15) is 16.3 Å². The predicted molar refractivity (Wildman–Crippen MR) is 72.4 cm³/mol. The van der Waals surface area contributed by atoms with Crippen molar-refractivity contribution in [3.05, 3.63) is 40.8 Å². The van der Waals surface area contributed by atoms with E-state index < -0.39 is 21.8 Å². The number of aryl methyl sites for hydroxylation is 1. The smallest absolute Gasteiger partial charge is 0.341 e. The van der Waals surface area contributed by atoms with Gasteiger partial charge in [0.05, 0.1) is 11.2 Å². The number of benzene rings is 1. The first-order chi connectivity index (χ1) is 9.72. The summed E-state index contributed by atoms with van der Waals surface area (Å²) in [4.78, 5) is 10.6. The highest BCUT2D eigenvalue weighted by Gasteiger charge is 2.24. The molecule has 112 valence electrons. The Kier molecular flexibility index (Phi) is 3.88. The molecule has 0 aliphatic rings. The molecule has 0 unspecified atom stereocenters. The number of hydrogen-bond donors (Lipinski definition) is 2. The summed E-state index contributed by atoms with van der Waals surface area (Å²) in [5.41, 5.74) is -0.320. The number of aromatic nitrogens is 2. The number of nitrogens with zero attached hydrogens (tertiary/aromatic N) is 2. The van der Waals surface area contributed by atoms with Gasteiger partial charge in [-0.15, -0.1) is 0 Å². The average molecular weight is 334 g/mol. The minimum atomic E-state index is -4.18. The molecule has 2 N–H and O–H groups in total. The van der Waals surface area contributed by atoms with Crippen molar-refractivity contribution in [1.29, 1.82) is 0 Å². The summed E-state index contributed by atoms with van der Waals surface area (Å²) in [6, 6.07) is 2.76. The highest BCUT2D eigenvalue weighted by atomic mass is 35.5. The van der Waals surface area contributed by atoms with Crippen molar-refractivity contribution in [2.24, 2.45) is 7.05 Å². The first-order valence-corrected chi connectivity index (χ1v) is 7.31. The lowest BCUT2D eigenvalue weighted by Crippen LogP contribution is -2.18. The summed E-state index contributed by atoms with van der Waals surface area (Å²) in [7, 11) is -2.81. The maximum Gasteiger partial charge on any atom is 0.341 e. The SMILES string of the molecule is Cn1ncc(C(=O)O)c1NS(=O)(=O)c1ccc(F)cc1Cl. The van der Waals surface area contributed by atoms with E-state index in [1.165, 1.54) is 7.05 Å². The monoisotopic (exact) mass is 333 g/mol. The van der Waals surface area contributed by atoms with E-state index in [-0.39, 0.29) is 21.3 Å². The second-order valence-corrected chi connectivity index (χ2v) is 6.07. The van der Waals surface area contributed by atoms with Crippen LogP contribution in [0.4, 0.5) is 10.2 Å². The average Bonchev–Trinajstić information content (AvgIpc) is 2.70. The second kappa shape index (κ2) is 5.34. The maximum atomic E-state index is 13.0. The van der Waals surface area contributed by atoms with Gasteiger partial charge in [0.15, 0.2) is 5.82 Å². The normalized spacial score (nSPS) is 11.4. The summed E-state index contributed by atoms with van der Waals surface area (Å²) < 4.78 is 40.5. The van der Waals surface area contributed by atoms with Crippen LogP contribution in [0.3, 0.4) is 0 Å². The lowest BCUT2D eigenvalue weighted by atomic mass is 10.3. The molecule has 1 aromatic heterocycles. The highest BCUT2D eigenvalue weighted by molar-refractivity contribution is 7.92. The zero-order chi connectivity index (χ0) is 15.8. The Bertz CT molecular complexity index is 819. The van der Waals surface area contributed by atoms with Crippen LogP contribution in [-0.2, 0) is 17.1 Å². The Morgan fingerprint density at radius 2 is 2.14 bits per heavy atom. The largest absolute Gasteiger partial charge is 0.477 e. The first-order valence-electron chi connectivity index (χ1n) is 5.45. The molecule has 0 bridgehead atoms. The van der Waals surface area contributed by atoms with Gasteiger partial charge >= 0.3 is 5.97 Å². The van der Waals surface area contributed by atoms with Gasteiger partial charge in [-0.2, -0.15) is 5.10 Å². The fourth-order valence-electron chi connectivity index (χ4n) is 1.59. The summed E-state index contributed by atoms with van der Waals surface area (Å²) in [5, 5.41) is 12.3. The maximum absolute atomic E-state index is 13.0. The fraction of sp³-hybridized carbons (Fsp3) is 0.0909. The number of rotatable bonds is 4. The third-order valence-corrected chi connectivity index (χ3v) is 4.41. The third kappa shape index (κ3) is 2.98. The molecule has 2 aromatic rings. The minimum absolute atomic E-state index is 0.233. The molecule has 21 heavy (non-hydrogen) atoms. The van der Waals surface area contributed by atoms with Crippen LogP contribution in [0.5, 0.6) is 0 Å². The third-order valence-electron chi connectivity index (χ3n) is 2.58. The molecule has 0 amide bonds. The Morgan fingerprint density at radius 1 is 1.48 bits per heavy atom. The van der Waals surface area contributed by atoms with Crippen LogP contribution in [0.15, 0.2) is 29.3 Å². The molecule has 0 spiro atoms. The van der Waals surface area contributed by atoms with Crippen LogP contribution in [0.25, 0.3) is 0 Å². The van der Waals surface area contributed by atoms with Gasteiger partial charge in [0.25, 0.3) is 10.0 Å². The van der Waals surface area contributed by atoms with Gasteiger partial charge in [0.2, 0.25) is 0 Å². The molecule has 0 atom stereocenters. The molecule has 1 aromatic carbocycles. The Hall–Kier alpha value is -2.13. The lowest BCUT2D eigenvalue weighted by Gasteiger charge is -2.10. The molecule has 0 aliphatic heterocycles. The minimum Gasteiger partial charge on any atom is -0.477 e. The van der Waals surface area contributed by atoms with Crippen LogP contribution in [0.1, 0.15) is 10.4 Å². The van der Waals surface area contributed by atoms with Crippen LogP contribution in [0.2, 0.25) is 5.02 Å². The Morgan fingerprint density at radius 3 is 2.71 bits per heavy atom. The van der Waals surface area contributed by atoms with Gasteiger partial charge in [-0.05, 0) is 18.2 Å². The number of aromatic carboxylic acids is 1. The standard InChI is InChI=1S/C11H9ClFN3O4S/c1-16-10(7(5-14-16)11(17)18)15-21(19,20)9-3-2-6(13)4-8(9)12/h2-5,15H,1H3,(H,17,18). The molecule has 0 saturated heterocycles. The van der Waals surface area contributed by atoms with Crippen molar-refractivity contribution in [3.8, 4) is 0 Å². The molecule has 0 saturated carbocycles. The molecule has 0 aliphatic carbocycles. The number of carboxylic acid groups (broad SMARTS) is 1. The van der Waals surface area contributed by atoms with Crippen LogP contribution in [0, 0.1) is 5.82 Å². The van der Waals surface area contributed by atoms with Crippen molar-refractivity contribution < 1.29 is 22.7 Å². The number of nitrogens with one attached hydrogen (secondary N) is 1. The van der Waals surface area contributed by atoms with E-state index in [0.717, 1.165) is 29.1 Å². The Labute approximate surface area is 124 Å². The van der Waals surface area contributed by atoms with Crippen LogP contribution >= 0.6 is 11.6 Å². The number of carbonyl (C=O) groups is 1. The van der Waals surface area contributed by atoms with E-state index >= 15 is 0 Å². The van der Waals surface area contributed by atoms with E-state index in [4.69, 9.17) is 16.7 Å². The molecule has 0 fully saturated rings. The number of anilines is 1. The zero-order valence-corrected chi connectivity index (χ0v) is 12.1. The topological polar surface area (TPSA) is 101 Å². The van der Waals surface area contributed by atoms with Crippen LogP contribution in [-0.4, -0.2) is 29.3 Å². The number of sulfonamides is 1.